The van der Waals surface area contributed by atoms with Crippen molar-refractivity contribution in [3.63, 3.8) is 0 Å². The SMILES string of the molecule is COC(=O)c1cc(Br)c(OC)c(S(=O)(=O)Nc2cc(-c3cc(C#N)ccc3CO)cnc2OC)c1. The maximum absolute atomic E-state index is 13.4. The Morgan fingerprint density at radius 3 is 2.51 bits per heavy atom. The Hall–Kier alpha value is -3.66. The van der Waals surface area contributed by atoms with E-state index in [1.165, 1.54) is 39.7 Å². The quantitative estimate of drug-likeness (QED) is 0.394. The zero-order valence-corrected chi connectivity index (χ0v) is 21.2. The number of nitrogens with zero attached hydrogens (tertiary/aromatic N) is 2. The van der Waals surface area contributed by atoms with Gasteiger partial charge in [0.2, 0.25) is 5.88 Å². The molecule has 12 heteroatoms. The summed E-state index contributed by atoms with van der Waals surface area (Å²) >= 11 is 3.22. The normalized spacial score (nSPS) is 10.9. The molecule has 0 saturated heterocycles. The first-order valence-electron chi connectivity index (χ1n) is 9.86. The van der Waals surface area contributed by atoms with Crippen molar-refractivity contribution in [3.05, 3.63) is 63.8 Å². The van der Waals surface area contributed by atoms with Gasteiger partial charge in [-0.05, 0) is 57.4 Å². The number of hydrogen-bond donors (Lipinski definition) is 2. The fraction of sp³-hybridized carbons (Fsp3) is 0.174. The van der Waals surface area contributed by atoms with Crippen LogP contribution in [0.15, 0.2) is 52.0 Å². The highest BCUT2D eigenvalue weighted by atomic mass is 79.9. The molecule has 3 rings (SSSR count). The molecule has 3 aromatic rings. The minimum absolute atomic E-state index is 0.0136. The number of carbonyl (C=O) groups is 1. The Labute approximate surface area is 210 Å². The van der Waals surface area contributed by atoms with E-state index in [0.29, 0.717) is 22.3 Å². The van der Waals surface area contributed by atoms with Crippen molar-refractivity contribution in [2.75, 3.05) is 26.1 Å². The van der Waals surface area contributed by atoms with Crippen molar-refractivity contribution in [2.24, 2.45) is 0 Å². The Morgan fingerprint density at radius 1 is 1.17 bits per heavy atom. The first-order valence-corrected chi connectivity index (χ1v) is 12.1. The van der Waals surface area contributed by atoms with Crippen molar-refractivity contribution in [3.8, 4) is 28.8 Å². The second-order valence-corrected chi connectivity index (χ2v) is 9.51. The number of sulfonamides is 1. The summed E-state index contributed by atoms with van der Waals surface area (Å²) in [5.74, 6) is -0.793. The molecule has 0 radical (unpaired) electrons. The van der Waals surface area contributed by atoms with Gasteiger partial charge in [0, 0.05) is 11.8 Å². The smallest absolute Gasteiger partial charge is 0.337 e. The monoisotopic (exact) mass is 561 g/mol. The molecule has 0 spiro atoms. The van der Waals surface area contributed by atoms with Crippen LogP contribution in [0.3, 0.4) is 0 Å². The topological polar surface area (TPSA) is 148 Å². The third kappa shape index (κ3) is 5.37. The number of aromatic nitrogens is 1. The highest BCUT2D eigenvalue weighted by Crippen LogP contribution is 2.37. The van der Waals surface area contributed by atoms with Crippen LogP contribution in [0, 0.1) is 11.3 Å². The number of anilines is 1. The van der Waals surface area contributed by atoms with Crippen LogP contribution in [0.4, 0.5) is 5.69 Å². The van der Waals surface area contributed by atoms with Gasteiger partial charge < -0.3 is 19.3 Å². The summed E-state index contributed by atoms with van der Waals surface area (Å²) in [4.78, 5) is 15.9. The van der Waals surface area contributed by atoms with E-state index in [0.717, 1.165) is 6.07 Å². The summed E-state index contributed by atoms with van der Waals surface area (Å²) in [5, 5.41) is 19.0. The molecule has 0 aliphatic rings. The number of nitrogens with one attached hydrogen (secondary N) is 1. The molecule has 182 valence electrons. The van der Waals surface area contributed by atoms with Crippen molar-refractivity contribution in [1.29, 1.82) is 5.26 Å². The van der Waals surface area contributed by atoms with Crippen LogP contribution < -0.4 is 14.2 Å². The van der Waals surface area contributed by atoms with E-state index in [9.17, 15) is 23.6 Å². The second-order valence-electron chi connectivity index (χ2n) is 7.01. The van der Waals surface area contributed by atoms with Gasteiger partial charge in [0.05, 0.1) is 49.6 Å². The molecule has 0 bridgehead atoms. The van der Waals surface area contributed by atoms with Crippen molar-refractivity contribution in [1.82, 2.24) is 4.98 Å². The van der Waals surface area contributed by atoms with E-state index in [1.807, 2.05) is 6.07 Å². The van der Waals surface area contributed by atoms with Gasteiger partial charge >= 0.3 is 5.97 Å². The molecule has 0 fully saturated rings. The van der Waals surface area contributed by atoms with E-state index >= 15 is 0 Å². The maximum atomic E-state index is 13.4. The van der Waals surface area contributed by atoms with E-state index < -0.39 is 16.0 Å². The van der Waals surface area contributed by atoms with Crippen LogP contribution in [-0.4, -0.2) is 45.8 Å². The molecule has 0 aliphatic carbocycles. The van der Waals surface area contributed by atoms with Gasteiger partial charge in [0.25, 0.3) is 10.0 Å². The molecule has 2 aromatic carbocycles. The molecule has 1 aromatic heterocycles. The first kappa shape index (κ1) is 26.0. The van der Waals surface area contributed by atoms with Gasteiger partial charge in [0.15, 0.2) is 5.75 Å². The molecule has 0 atom stereocenters. The highest BCUT2D eigenvalue weighted by Gasteiger charge is 2.26. The molecule has 0 unspecified atom stereocenters. The summed E-state index contributed by atoms with van der Waals surface area (Å²) < 4.78 is 44.6. The van der Waals surface area contributed by atoms with Gasteiger partial charge in [-0.1, -0.05) is 6.07 Å². The van der Waals surface area contributed by atoms with Crippen LogP contribution in [0.25, 0.3) is 11.1 Å². The van der Waals surface area contributed by atoms with Crippen LogP contribution in [0.2, 0.25) is 0 Å². The molecule has 35 heavy (non-hydrogen) atoms. The van der Waals surface area contributed by atoms with Crippen molar-refractivity contribution < 1.29 is 32.5 Å². The number of hydrogen-bond acceptors (Lipinski definition) is 9. The lowest BCUT2D eigenvalue weighted by Crippen LogP contribution is -2.16. The van der Waals surface area contributed by atoms with E-state index in [2.05, 4.69) is 25.6 Å². The molecular formula is C23H20BrN3O7S. The fourth-order valence-corrected chi connectivity index (χ4v) is 5.31. The van der Waals surface area contributed by atoms with E-state index in [-0.39, 0.29) is 38.9 Å². The minimum atomic E-state index is -4.34. The van der Waals surface area contributed by atoms with E-state index in [1.54, 1.807) is 18.2 Å². The zero-order valence-electron chi connectivity index (χ0n) is 18.8. The van der Waals surface area contributed by atoms with Gasteiger partial charge in [0.1, 0.15) is 10.6 Å². The van der Waals surface area contributed by atoms with Crippen LogP contribution >= 0.6 is 15.9 Å². The Bertz CT molecular complexity index is 1440. The Morgan fingerprint density at radius 2 is 1.91 bits per heavy atom. The largest absolute Gasteiger partial charge is 0.494 e. The highest BCUT2D eigenvalue weighted by molar-refractivity contribution is 9.10. The number of rotatable bonds is 8. The number of carbonyl (C=O) groups excluding carboxylic acids is 1. The lowest BCUT2D eigenvalue weighted by atomic mass is 9.99. The lowest BCUT2D eigenvalue weighted by Gasteiger charge is -2.16. The molecule has 0 amide bonds. The van der Waals surface area contributed by atoms with Gasteiger partial charge in [-0.3, -0.25) is 4.72 Å². The Kier molecular flexibility index (Phi) is 7.96. The minimum Gasteiger partial charge on any atom is -0.494 e. The summed E-state index contributed by atoms with van der Waals surface area (Å²) in [7, 11) is -0.546. The molecule has 2 N–H and O–H groups in total. The predicted octanol–water partition coefficient (Wildman–Crippen LogP) is 3.48. The van der Waals surface area contributed by atoms with Gasteiger partial charge in [-0.2, -0.15) is 5.26 Å². The number of methoxy groups -OCH3 is 3. The zero-order chi connectivity index (χ0) is 25.8. The van der Waals surface area contributed by atoms with Crippen LogP contribution in [0.1, 0.15) is 21.5 Å². The summed E-state index contributed by atoms with van der Waals surface area (Å²) in [5.41, 5.74) is 1.76. The molecule has 0 saturated carbocycles. The average Bonchev–Trinajstić information content (AvgIpc) is 2.86. The maximum Gasteiger partial charge on any atom is 0.337 e. The van der Waals surface area contributed by atoms with E-state index in [4.69, 9.17) is 14.2 Å². The molecular weight excluding hydrogens is 542 g/mol. The summed E-state index contributed by atoms with van der Waals surface area (Å²) in [6.45, 7) is -0.306. The predicted molar refractivity (Wildman–Crippen MR) is 130 cm³/mol. The summed E-state index contributed by atoms with van der Waals surface area (Å²) in [6, 6.07) is 10.7. The van der Waals surface area contributed by atoms with Crippen molar-refractivity contribution >= 4 is 37.6 Å². The second kappa shape index (κ2) is 10.7. The number of ether oxygens (including phenoxy) is 3. The molecule has 1 heterocycles. The number of benzene rings is 2. The summed E-state index contributed by atoms with van der Waals surface area (Å²) in [6.07, 6.45) is 1.43. The number of aliphatic hydroxyl groups is 1. The van der Waals surface area contributed by atoms with Crippen LogP contribution in [0.5, 0.6) is 11.6 Å². The molecule has 10 nitrogen and oxygen atoms in total. The third-order valence-corrected chi connectivity index (χ3v) is 6.89. The number of nitriles is 1. The fourth-order valence-electron chi connectivity index (χ4n) is 3.29. The van der Waals surface area contributed by atoms with Crippen molar-refractivity contribution in [2.45, 2.75) is 11.5 Å². The molecule has 0 aliphatic heterocycles. The van der Waals surface area contributed by atoms with Gasteiger partial charge in [-0.15, -0.1) is 0 Å². The average molecular weight is 562 g/mol. The van der Waals surface area contributed by atoms with Gasteiger partial charge in [-0.25, -0.2) is 18.2 Å². The van der Waals surface area contributed by atoms with Crippen LogP contribution in [-0.2, 0) is 21.4 Å². The number of halogens is 1. The lowest BCUT2D eigenvalue weighted by molar-refractivity contribution is 0.0600. The number of esters is 1. The first-order chi connectivity index (χ1) is 16.7. The number of aliphatic hydroxyl groups excluding tert-OH is 1. The number of pyridine rings is 1. The Balaban J connectivity index is 2.15. The standard InChI is InChI=1S/C23H20BrN3O7S/c1-32-21-18(24)7-15(23(29)34-3)9-20(21)35(30,31)27-19-8-16(11-26-22(19)33-2)17-6-13(10-25)4-5-14(17)12-28/h4-9,11,27-28H,12H2,1-3H3. The third-order valence-electron chi connectivity index (χ3n) is 4.93.